The fraction of sp³-hybridized carbons (Fsp3) is 0.588. The van der Waals surface area contributed by atoms with Gasteiger partial charge in [0.15, 0.2) is 11.5 Å². The van der Waals surface area contributed by atoms with Crippen LogP contribution in [0.2, 0.25) is 0 Å². The van der Waals surface area contributed by atoms with Crippen molar-refractivity contribution in [1.82, 2.24) is 10.2 Å². The fourth-order valence-corrected chi connectivity index (χ4v) is 2.66. The number of benzene rings is 1. The highest BCUT2D eigenvalue weighted by atomic mass is 16.5. The minimum Gasteiger partial charge on any atom is -0.493 e. The summed E-state index contributed by atoms with van der Waals surface area (Å²) < 4.78 is 21.1. The summed E-state index contributed by atoms with van der Waals surface area (Å²) in [5.41, 5.74) is 0.570. The molecule has 1 aromatic carbocycles. The highest BCUT2D eigenvalue weighted by molar-refractivity contribution is 5.90. The average Bonchev–Trinajstić information content (AvgIpc) is 2.65. The molecule has 1 fully saturated rings. The molecule has 0 atom stereocenters. The van der Waals surface area contributed by atoms with E-state index in [1.807, 2.05) is 0 Å². The van der Waals surface area contributed by atoms with Crippen LogP contribution in [0.25, 0.3) is 0 Å². The molecule has 0 spiro atoms. The first-order valence-electron chi connectivity index (χ1n) is 8.33. The zero-order valence-electron chi connectivity index (χ0n) is 15.1. The van der Waals surface area contributed by atoms with E-state index in [1.54, 1.807) is 12.1 Å². The number of carbonyl (C=O) groups is 1. The average molecular weight is 353 g/mol. The molecule has 0 radical (unpaired) electrons. The molecule has 0 saturated carbocycles. The van der Waals surface area contributed by atoms with Crippen LogP contribution in [-0.2, 0) is 4.74 Å². The predicted octanol–water partition coefficient (Wildman–Crippen LogP) is 1.56. The van der Waals surface area contributed by atoms with Crippen LogP contribution in [0.5, 0.6) is 17.2 Å². The lowest BCUT2D eigenvalue weighted by molar-refractivity contribution is 0.0375. The number of anilines is 1. The van der Waals surface area contributed by atoms with E-state index in [4.69, 9.17) is 18.9 Å². The number of nitrogens with zero attached hydrogens (tertiary/aromatic N) is 1. The van der Waals surface area contributed by atoms with Crippen molar-refractivity contribution in [1.29, 1.82) is 0 Å². The molecule has 1 heterocycles. The van der Waals surface area contributed by atoms with E-state index in [-0.39, 0.29) is 6.03 Å². The molecule has 140 valence electrons. The Balaban J connectivity index is 1.81. The molecule has 0 bridgehead atoms. The smallest absolute Gasteiger partial charge is 0.319 e. The van der Waals surface area contributed by atoms with E-state index in [0.29, 0.717) is 29.5 Å². The number of carbonyl (C=O) groups excluding carboxylic acids is 1. The lowest BCUT2D eigenvalue weighted by Gasteiger charge is -2.26. The lowest BCUT2D eigenvalue weighted by Crippen LogP contribution is -2.38. The highest BCUT2D eigenvalue weighted by Crippen LogP contribution is 2.39. The Hall–Kier alpha value is -2.19. The molecule has 0 unspecified atom stereocenters. The number of hydrogen-bond donors (Lipinski definition) is 2. The van der Waals surface area contributed by atoms with Crippen LogP contribution < -0.4 is 24.8 Å². The van der Waals surface area contributed by atoms with E-state index in [9.17, 15) is 4.79 Å². The summed E-state index contributed by atoms with van der Waals surface area (Å²) in [4.78, 5) is 14.4. The summed E-state index contributed by atoms with van der Waals surface area (Å²) in [6, 6.07) is 3.11. The van der Waals surface area contributed by atoms with Crippen LogP contribution in [0, 0.1) is 0 Å². The molecule has 1 aliphatic rings. The topological polar surface area (TPSA) is 81.3 Å². The quantitative estimate of drug-likeness (QED) is 0.690. The Morgan fingerprint density at radius 2 is 1.76 bits per heavy atom. The fourth-order valence-electron chi connectivity index (χ4n) is 2.66. The van der Waals surface area contributed by atoms with Gasteiger partial charge in [0.1, 0.15) is 0 Å². The Bertz CT molecular complexity index is 536. The van der Waals surface area contributed by atoms with Crippen LogP contribution in [0.15, 0.2) is 12.1 Å². The molecular formula is C17H27N3O5. The molecule has 1 saturated heterocycles. The summed E-state index contributed by atoms with van der Waals surface area (Å²) in [6.07, 6.45) is 0.892. The van der Waals surface area contributed by atoms with Gasteiger partial charge in [0.25, 0.3) is 0 Å². The van der Waals surface area contributed by atoms with Gasteiger partial charge in [-0.1, -0.05) is 0 Å². The monoisotopic (exact) mass is 353 g/mol. The third-order valence-corrected chi connectivity index (χ3v) is 3.96. The first kappa shape index (κ1) is 19.1. The molecule has 2 rings (SSSR count). The second kappa shape index (κ2) is 9.95. The Morgan fingerprint density at radius 1 is 1.12 bits per heavy atom. The number of ether oxygens (including phenoxy) is 4. The largest absolute Gasteiger partial charge is 0.493 e. The Labute approximate surface area is 148 Å². The third-order valence-electron chi connectivity index (χ3n) is 3.96. The van der Waals surface area contributed by atoms with Gasteiger partial charge in [-0.25, -0.2) is 4.79 Å². The number of morpholine rings is 1. The van der Waals surface area contributed by atoms with E-state index < -0.39 is 0 Å². The minimum absolute atomic E-state index is 0.267. The first-order valence-corrected chi connectivity index (χ1v) is 8.33. The van der Waals surface area contributed by atoms with Crippen molar-refractivity contribution in [2.45, 2.75) is 6.42 Å². The van der Waals surface area contributed by atoms with Gasteiger partial charge in [0, 0.05) is 31.8 Å². The summed E-state index contributed by atoms with van der Waals surface area (Å²) in [5.74, 6) is 1.47. The van der Waals surface area contributed by atoms with Crippen molar-refractivity contribution in [2.24, 2.45) is 0 Å². The van der Waals surface area contributed by atoms with E-state index in [0.717, 1.165) is 39.3 Å². The van der Waals surface area contributed by atoms with Crippen LogP contribution in [0.4, 0.5) is 10.5 Å². The number of rotatable bonds is 8. The normalized spacial score (nSPS) is 14.7. The van der Waals surface area contributed by atoms with E-state index in [2.05, 4.69) is 15.5 Å². The molecular weight excluding hydrogens is 326 g/mol. The van der Waals surface area contributed by atoms with Crippen LogP contribution >= 0.6 is 0 Å². The molecule has 1 aromatic rings. The standard InChI is InChI=1S/C17H27N3O5/c1-22-14-11-13(12-15(23-2)16(14)24-3)19-17(21)18-5-4-6-20-7-9-25-10-8-20/h11-12H,4-10H2,1-3H3,(H2,18,19,21). The third kappa shape index (κ3) is 5.68. The number of amides is 2. The number of hydrogen-bond acceptors (Lipinski definition) is 6. The van der Waals surface area contributed by atoms with Gasteiger partial charge < -0.3 is 29.6 Å². The lowest BCUT2D eigenvalue weighted by atomic mass is 10.2. The maximum absolute atomic E-state index is 12.0. The van der Waals surface area contributed by atoms with Crippen molar-refractivity contribution < 1.29 is 23.7 Å². The second-order valence-electron chi connectivity index (χ2n) is 5.60. The maximum atomic E-state index is 12.0. The van der Waals surface area contributed by atoms with Crippen LogP contribution in [0.3, 0.4) is 0 Å². The van der Waals surface area contributed by atoms with Crippen molar-refractivity contribution in [3.63, 3.8) is 0 Å². The van der Waals surface area contributed by atoms with Gasteiger partial charge in [-0.2, -0.15) is 0 Å². The van der Waals surface area contributed by atoms with E-state index >= 15 is 0 Å². The van der Waals surface area contributed by atoms with Crippen LogP contribution in [0.1, 0.15) is 6.42 Å². The number of nitrogens with one attached hydrogen (secondary N) is 2. The van der Waals surface area contributed by atoms with Gasteiger partial charge in [-0.15, -0.1) is 0 Å². The van der Waals surface area contributed by atoms with E-state index in [1.165, 1.54) is 21.3 Å². The summed E-state index contributed by atoms with van der Waals surface area (Å²) in [7, 11) is 4.61. The Kier molecular flexibility index (Phi) is 7.62. The van der Waals surface area contributed by atoms with Gasteiger partial charge in [-0.05, 0) is 13.0 Å². The molecule has 25 heavy (non-hydrogen) atoms. The molecule has 0 aromatic heterocycles. The number of methoxy groups -OCH3 is 3. The zero-order chi connectivity index (χ0) is 18.1. The Morgan fingerprint density at radius 3 is 2.32 bits per heavy atom. The molecule has 8 heteroatoms. The van der Waals surface area contributed by atoms with Crippen LogP contribution in [-0.4, -0.2) is 71.7 Å². The van der Waals surface area contributed by atoms with Gasteiger partial charge in [-0.3, -0.25) is 4.90 Å². The second-order valence-corrected chi connectivity index (χ2v) is 5.60. The summed E-state index contributed by atoms with van der Waals surface area (Å²) >= 11 is 0. The summed E-state index contributed by atoms with van der Waals surface area (Å²) in [6.45, 7) is 5.04. The van der Waals surface area contributed by atoms with Crippen molar-refractivity contribution in [2.75, 3.05) is 66.0 Å². The van der Waals surface area contributed by atoms with Crippen molar-refractivity contribution in [3.05, 3.63) is 12.1 Å². The first-order chi connectivity index (χ1) is 12.2. The predicted molar refractivity (Wildman–Crippen MR) is 95.0 cm³/mol. The molecule has 0 aliphatic carbocycles. The highest BCUT2D eigenvalue weighted by Gasteiger charge is 2.14. The van der Waals surface area contributed by atoms with Gasteiger partial charge in [0.05, 0.1) is 40.2 Å². The summed E-state index contributed by atoms with van der Waals surface area (Å²) in [5, 5.41) is 5.64. The zero-order valence-corrected chi connectivity index (χ0v) is 15.1. The molecule has 8 nitrogen and oxygen atoms in total. The molecule has 2 N–H and O–H groups in total. The van der Waals surface area contributed by atoms with Crippen molar-refractivity contribution in [3.8, 4) is 17.2 Å². The number of urea groups is 1. The SMILES string of the molecule is COc1cc(NC(=O)NCCCN2CCOCC2)cc(OC)c1OC. The van der Waals surface area contributed by atoms with Crippen molar-refractivity contribution >= 4 is 11.7 Å². The maximum Gasteiger partial charge on any atom is 0.319 e. The van der Waals surface area contributed by atoms with Gasteiger partial charge >= 0.3 is 6.03 Å². The van der Waals surface area contributed by atoms with Gasteiger partial charge in [0.2, 0.25) is 5.75 Å². The minimum atomic E-state index is -0.267. The molecule has 2 amide bonds. The molecule has 1 aliphatic heterocycles.